The van der Waals surface area contributed by atoms with Crippen LogP contribution in [0.25, 0.3) is 0 Å². The number of hydrogen-bond donors (Lipinski definition) is 3. The summed E-state index contributed by atoms with van der Waals surface area (Å²) in [5.41, 5.74) is 0.476. The lowest BCUT2D eigenvalue weighted by atomic mass is 10.3. The van der Waals surface area contributed by atoms with Gasteiger partial charge in [0.2, 0.25) is 5.91 Å². The van der Waals surface area contributed by atoms with Crippen LogP contribution in [-0.4, -0.2) is 25.5 Å². The van der Waals surface area contributed by atoms with Crippen molar-refractivity contribution in [2.45, 2.75) is 0 Å². The van der Waals surface area contributed by atoms with Crippen LogP contribution < -0.4 is 16.0 Å². The molecule has 0 radical (unpaired) electrons. The van der Waals surface area contributed by atoms with E-state index in [4.69, 9.17) is 11.6 Å². The minimum absolute atomic E-state index is 0.0868. The molecule has 0 fully saturated rings. The molecule has 0 bridgehead atoms. The third kappa shape index (κ3) is 4.62. The largest absolute Gasteiger partial charge is 0.358 e. The summed E-state index contributed by atoms with van der Waals surface area (Å²) in [5.74, 6) is -0.276. The molecule has 7 heteroatoms. The van der Waals surface area contributed by atoms with Crippen LogP contribution in [0, 0.1) is 0 Å². The maximum absolute atomic E-state index is 11.4. The van der Waals surface area contributed by atoms with Gasteiger partial charge in [0.15, 0.2) is 0 Å². The standard InChI is InChI=1S/C10H11BrClN3O2/c1-13-9(16)5-14-10(17)15-8-3-2-6(11)4-7(8)12/h2-4H,5H2,1H3,(H,13,16)(H2,14,15,17). The fourth-order valence-corrected chi connectivity index (χ4v) is 1.73. The number of amides is 3. The van der Waals surface area contributed by atoms with Crippen LogP contribution in [0.4, 0.5) is 10.5 Å². The molecular formula is C10H11BrClN3O2. The van der Waals surface area contributed by atoms with Gasteiger partial charge < -0.3 is 16.0 Å². The van der Waals surface area contributed by atoms with E-state index in [2.05, 4.69) is 31.9 Å². The lowest BCUT2D eigenvalue weighted by Crippen LogP contribution is -2.37. The van der Waals surface area contributed by atoms with E-state index < -0.39 is 6.03 Å². The molecule has 17 heavy (non-hydrogen) atoms. The van der Waals surface area contributed by atoms with Crippen LogP contribution in [0.1, 0.15) is 0 Å². The zero-order valence-corrected chi connectivity index (χ0v) is 11.4. The highest BCUT2D eigenvalue weighted by Gasteiger charge is 2.06. The quantitative estimate of drug-likeness (QED) is 0.797. The Morgan fingerprint density at radius 1 is 1.41 bits per heavy atom. The van der Waals surface area contributed by atoms with Crippen LogP contribution in [0.5, 0.6) is 0 Å². The first-order chi connectivity index (χ1) is 8.02. The number of carbonyl (C=O) groups is 2. The Morgan fingerprint density at radius 2 is 2.12 bits per heavy atom. The summed E-state index contributed by atoms with van der Waals surface area (Å²) in [4.78, 5) is 22.3. The Balaban J connectivity index is 2.53. The minimum atomic E-state index is -0.488. The summed E-state index contributed by atoms with van der Waals surface area (Å²) in [6.07, 6.45) is 0. The molecule has 0 saturated carbocycles. The molecule has 0 unspecified atom stereocenters. The summed E-state index contributed by atoms with van der Waals surface area (Å²) in [7, 11) is 1.49. The van der Waals surface area contributed by atoms with Crippen molar-refractivity contribution in [3.05, 3.63) is 27.7 Å². The van der Waals surface area contributed by atoms with Gasteiger partial charge in [-0.15, -0.1) is 0 Å². The topological polar surface area (TPSA) is 70.2 Å². The molecule has 0 atom stereocenters. The van der Waals surface area contributed by atoms with Crippen molar-refractivity contribution in [2.24, 2.45) is 0 Å². The first kappa shape index (κ1) is 13.8. The number of hydrogen-bond acceptors (Lipinski definition) is 2. The molecule has 3 N–H and O–H groups in total. The number of nitrogens with one attached hydrogen (secondary N) is 3. The second-order valence-electron chi connectivity index (χ2n) is 3.11. The third-order valence-corrected chi connectivity index (χ3v) is 2.67. The fraction of sp³-hybridized carbons (Fsp3) is 0.200. The van der Waals surface area contributed by atoms with Crippen LogP contribution in [0.2, 0.25) is 5.02 Å². The smallest absolute Gasteiger partial charge is 0.319 e. The van der Waals surface area contributed by atoms with Crippen molar-refractivity contribution in [1.82, 2.24) is 10.6 Å². The normalized spacial score (nSPS) is 9.59. The number of likely N-dealkylation sites (N-methyl/N-ethyl adjacent to an activating group) is 1. The maximum atomic E-state index is 11.4. The second kappa shape index (κ2) is 6.46. The Kier molecular flexibility index (Phi) is 5.24. The van der Waals surface area contributed by atoms with Crippen LogP contribution in [-0.2, 0) is 4.79 Å². The van der Waals surface area contributed by atoms with E-state index in [-0.39, 0.29) is 12.5 Å². The Labute approximate surface area is 112 Å². The number of carbonyl (C=O) groups excluding carboxylic acids is 2. The van der Waals surface area contributed by atoms with Gasteiger partial charge in [-0.1, -0.05) is 27.5 Å². The number of halogens is 2. The molecule has 1 aromatic carbocycles. The van der Waals surface area contributed by atoms with Gasteiger partial charge in [0.1, 0.15) is 0 Å². The molecule has 0 saturated heterocycles. The van der Waals surface area contributed by atoms with E-state index in [0.717, 1.165) is 4.47 Å². The summed E-state index contributed by atoms with van der Waals surface area (Å²) in [6.45, 7) is -0.0868. The number of urea groups is 1. The van der Waals surface area contributed by atoms with Crippen molar-refractivity contribution in [3.63, 3.8) is 0 Å². The molecule has 5 nitrogen and oxygen atoms in total. The summed E-state index contributed by atoms with van der Waals surface area (Å²) in [6, 6.07) is 4.58. The number of benzene rings is 1. The van der Waals surface area contributed by atoms with Gasteiger partial charge in [-0.25, -0.2) is 4.79 Å². The molecular weight excluding hydrogens is 309 g/mol. The fourth-order valence-electron chi connectivity index (χ4n) is 1.01. The molecule has 0 aliphatic heterocycles. The van der Waals surface area contributed by atoms with Crippen molar-refractivity contribution in [1.29, 1.82) is 0 Å². The summed E-state index contributed by atoms with van der Waals surface area (Å²) in [5, 5.41) is 7.73. The molecule has 0 aliphatic rings. The van der Waals surface area contributed by atoms with Crippen LogP contribution in [0.15, 0.2) is 22.7 Å². The Morgan fingerprint density at radius 3 is 2.71 bits per heavy atom. The van der Waals surface area contributed by atoms with Crippen LogP contribution in [0.3, 0.4) is 0 Å². The van der Waals surface area contributed by atoms with E-state index in [1.165, 1.54) is 7.05 Å². The van der Waals surface area contributed by atoms with Gasteiger partial charge in [0.25, 0.3) is 0 Å². The average Bonchev–Trinajstić information content (AvgIpc) is 2.29. The van der Waals surface area contributed by atoms with Gasteiger partial charge >= 0.3 is 6.03 Å². The molecule has 1 aromatic rings. The van der Waals surface area contributed by atoms with Crippen molar-refractivity contribution in [3.8, 4) is 0 Å². The number of rotatable bonds is 3. The van der Waals surface area contributed by atoms with Crippen LogP contribution >= 0.6 is 27.5 Å². The predicted molar refractivity (Wildman–Crippen MR) is 70.2 cm³/mol. The monoisotopic (exact) mass is 319 g/mol. The SMILES string of the molecule is CNC(=O)CNC(=O)Nc1ccc(Br)cc1Cl. The highest BCUT2D eigenvalue weighted by atomic mass is 79.9. The van der Waals surface area contributed by atoms with Gasteiger partial charge in [0.05, 0.1) is 17.3 Å². The second-order valence-corrected chi connectivity index (χ2v) is 4.43. The first-order valence-corrected chi connectivity index (χ1v) is 5.90. The predicted octanol–water partition coefficient (Wildman–Crippen LogP) is 1.97. The molecule has 1 rings (SSSR count). The van der Waals surface area contributed by atoms with Crippen molar-refractivity contribution in [2.75, 3.05) is 18.9 Å². The van der Waals surface area contributed by atoms with Gasteiger partial charge in [0, 0.05) is 11.5 Å². The summed E-state index contributed by atoms with van der Waals surface area (Å²) < 4.78 is 0.818. The van der Waals surface area contributed by atoms with E-state index in [1.54, 1.807) is 18.2 Å². The number of anilines is 1. The molecule has 0 spiro atoms. The van der Waals surface area contributed by atoms with Gasteiger partial charge in [-0.3, -0.25) is 4.79 Å². The van der Waals surface area contributed by atoms with Gasteiger partial charge in [-0.2, -0.15) is 0 Å². The van der Waals surface area contributed by atoms with Crippen molar-refractivity contribution < 1.29 is 9.59 Å². The van der Waals surface area contributed by atoms with E-state index in [1.807, 2.05) is 0 Å². The Bertz CT molecular complexity index is 440. The highest BCUT2D eigenvalue weighted by molar-refractivity contribution is 9.10. The lowest BCUT2D eigenvalue weighted by molar-refractivity contribution is -0.119. The molecule has 92 valence electrons. The molecule has 3 amide bonds. The van der Waals surface area contributed by atoms with Gasteiger partial charge in [-0.05, 0) is 18.2 Å². The van der Waals surface area contributed by atoms with E-state index >= 15 is 0 Å². The molecule has 0 heterocycles. The zero-order chi connectivity index (χ0) is 12.8. The van der Waals surface area contributed by atoms with E-state index in [0.29, 0.717) is 10.7 Å². The first-order valence-electron chi connectivity index (χ1n) is 4.73. The summed E-state index contributed by atoms with van der Waals surface area (Å²) >= 11 is 9.17. The molecule has 0 aromatic heterocycles. The minimum Gasteiger partial charge on any atom is -0.358 e. The van der Waals surface area contributed by atoms with E-state index in [9.17, 15) is 9.59 Å². The lowest BCUT2D eigenvalue weighted by Gasteiger charge is -2.08. The third-order valence-electron chi connectivity index (χ3n) is 1.87. The highest BCUT2D eigenvalue weighted by Crippen LogP contribution is 2.25. The zero-order valence-electron chi connectivity index (χ0n) is 9.01. The maximum Gasteiger partial charge on any atom is 0.319 e. The Hall–Kier alpha value is -1.27. The van der Waals surface area contributed by atoms with Crippen molar-refractivity contribution >= 4 is 45.2 Å². The molecule has 0 aliphatic carbocycles. The average molecular weight is 321 g/mol.